The first-order chi connectivity index (χ1) is 5.35. The van der Waals surface area contributed by atoms with Crippen molar-refractivity contribution in [1.29, 1.82) is 5.26 Å². The van der Waals surface area contributed by atoms with Gasteiger partial charge in [-0.15, -0.1) is 0 Å². The molecule has 0 aromatic carbocycles. The van der Waals surface area contributed by atoms with E-state index in [4.69, 9.17) is 5.26 Å². The Morgan fingerprint density at radius 2 is 1.91 bits per heavy atom. The quantitative estimate of drug-likeness (QED) is 0.333. The van der Waals surface area contributed by atoms with Crippen LogP contribution in [0.1, 0.15) is 39.5 Å². The van der Waals surface area contributed by atoms with Gasteiger partial charge in [-0.1, -0.05) is 26.2 Å². The number of nitrogens with zero attached hydrogens (tertiary/aromatic N) is 2. The van der Waals surface area contributed by atoms with Crippen LogP contribution in [0, 0.1) is 11.5 Å². The van der Waals surface area contributed by atoms with Crippen molar-refractivity contribution in [2.45, 2.75) is 39.5 Å². The van der Waals surface area contributed by atoms with E-state index in [0.29, 0.717) is 0 Å². The molecule has 0 bridgehead atoms. The van der Waals surface area contributed by atoms with E-state index in [9.17, 15) is 0 Å². The van der Waals surface area contributed by atoms with Crippen LogP contribution in [0.25, 0.3) is 0 Å². The molecular weight excluding hydrogens is 136 g/mol. The zero-order chi connectivity index (χ0) is 8.53. The number of nitriles is 1. The third kappa shape index (κ3) is 5.72. The van der Waals surface area contributed by atoms with Gasteiger partial charge in [0.2, 0.25) is 0 Å². The Bertz CT molecular complexity index is 115. The Labute approximate surface area is 69.8 Å². The first kappa shape index (κ1) is 10.3. The second kappa shape index (κ2) is 7.40. The van der Waals surface area contributed by atoms with Gasteiger partial charge in [-0.2, -0.15) is 5.26 Å². The Balaban J connectivity index is 3.16. The van der Waals surface area contributed by atoms with Gasteiger partial charge in [0, 0.05) is 13.1 Å². The third-order valence-corrected chi connectivity index (χ3v) is 1.80. The Morgan fingerprint density at radius 1 is 1.18 bits per heavy atom. The molecule has 11 heavy (non-hydrogen) atoms. The first-order valence-electron chi connectivity index (χ1n) is 4.49. The molecule has 64 valence electrons. The van der Waals surface area contributed by atoms with Crippen LogP contribution in [-0.2, 0) is 0 Å². The monoisotopic (exact) mass is 154 g/mol. The number of unbranched alkanes of at least 4 members (excludes halogenated alkanes) is 3. The predicted molar refractivity (Wildman–Crippen MR) is 47.0 cm³/mol. The summed E-state index contributed by atoms with van der Waals surface area (Å²) >= 11 is 0. The van der Waals surface area contributed by atoms with E-state index in [-0.39, 0.29) is 0 Å². The molecule has 0 aliphatic rings. The molecule has 2 nitrogen and oxygen atoms in total. The van der Waals surface area contributed by atoms with Crippen LogP contribution in [0.15, 0.2) is 0 Å². The summed E-state index contributed by atoms with van der Waals surface area (Å²) in [4.78, 5) is 1.80. The lowest BCUT2D eigenvalue weighted by Gasteiger charge is -2.11. The number of hydrogen-bond acceptors (Lipinski definition) is 2. The van der Waals surface area contributed by atoms with E-state index < -0.39 is 0 Å². The van der Waals surface area contributed by atoms with Crippen molar-refractivity contribution in [3.05, 3.63) is 0 Å². The van der Waals surface area contributed by atoms with Crippen molar-refractivity contribution >= 4 is 0 Å². The summed E-state index contributed by atoms with van der Waals surface area (Å²) in [7, 11) is 0. The van der Waals surface area contributed by atoms with Gasteiger partial charge in [0.25, 0.3) is 0 Å². The van der Waals surface area contributed by atoms with Gasteiger partial charge in [0.15, 0.2) is 6.19 Å². The predicted octanol–water partition coefficient (Wildman–Crippen LogP) is 2.37. The summed E-state index contributed by atoms with van der Waals surface area (Å²) in [5.74, 6) is 0. The lowest BCUT2D eigenvalue weighted by Crippen LogP contribution is -2.17. The fourth-order valence-electron chi connectivity index (χ4n) is 1.01. The van der Waals surface area contributed by atoms with Crippen molar-refractivity contribution in [1.82, 2.24) is 4.90 Å². The minimum atomic E-state index is 0.850. The number of hydrogen-bond donors (Lipinski definition) is 0. The van der Waals surface area contributed by atoms with Crippen LogP contribution in [-0.4, -0.2) is 18.0 Å². The summed E-state index contributed by atoms with van der Waals surface area (Å²) in [5, 5.41) is 8.56. The highest BCUT2D eigenvalue weighted by molar-refractivity contribution is 4.70. The SMILES string of the molecule is CCCCCCN(C#N)CC. The fourth-order valence-corrected chi connectivity index (χ4v) is 1.01. The number of rotatable bonds is 6. The minimum Gasteiger partial charge on any atom is -0.311 e. The van der Waals surface area contributed by atoms with E-state index in [0.717, 1.165) is 19.5 Å². The van der Waals surface area contributed by atoms with E-state index in [1.807, 2.05) is 6.92 Å². The van der Waals surface area contributed by atoms with Gasteiger partial charge < -0.3 is 4.90 Å². The fraction of sp³-hybridized carbons (Fsp3) is 0.889. The molecule has 2 heteroatoms. The molecule has 0 aliphatic heterocycles. The molecule has 0 heterocycles. The van der Waals surface area contributed by atoms with E-state index in [1.165, 1.54) is 19.3 Å². The molecule has 0 saturated heterocycles. The molecule has 0 saturated carbocycles. The summed E-state index contributed by atoms with van der Waals surface area (Å²) in [5.41, 5.74) is 0. The normalized spacial score (nSPS) is 9.18. The van der Waals surface area contributed by atoms with E-state index in [1.54, 1.807) is 4.90 Å². The maximum absolute atomic E-state index is 8.56. The molecule has 0 spiro atoms. The summed E-state index contributed by atoms with van der Waals surface area (Å²) in [6.45, 7) is 6.00. The van der Waals surface area contributed by atoms with Crippen LogP contribution in [0.5, 0.6) is 0 Å². The van der Waals surface area contributed by atoms with Crippen molar-refractivity contribution in [3.63, 3.8) is 0 Å². The highest BCUT2D eigenvalue weighted by Gasteiger charge is 1.95. The van der Waals surface area contributed by atoms with Gasteiger partial charge >= 0.3 is 0 Å². The lowest BCUT2D eigenvalue weighted by atomic mass is 10.2. The van der Waals surface area contributed by atoms with Gasteiger partial charge in [0.05, 0.1) is 0 Å². The highest BCUT2D eigenvalue weighted by Crippen LogP contribution is 1.99. The summed E-state index contributed by atoms with van der Waals surface area (Å²) in [6.07, 6.45) is 7.14. The topological polar surface area (TPSA) is 27.0 Å². The zero-order valence-corrected chi connectivity index (χ0v) is 7.64. The maximum Gasteiger partial charge on any atom is 0.179 e. The molecule has 0 atom stereocenters. The second-order valence-corrected chi connectivity index (χ2v) is 2.74. The Hall–Kier alpha value is -0.710. The second-order valence-electron chi connectivity index (χ2n) is 2.74. The molecule has 0 N–H and O–H groups in total. The lowest BCUT2D eigenvalue weighted by molar-refractivity contribution is 0.395. The van der Waals surface area contributed by atoms with Crippen LogP contribution >= 0.6 is 0 Å². The summed E-state index contributed by atoms with van der Waals surface area (Å²) in [6, 6.07) is 0. The van der Waals surface area contributed by atoms with Crippen LogP contribution < -0.4 is 0 Å². The maximum atomic E-state index is 8.56. The Kier molecular flexibility index (Phi) is 6.92. The van der Waals surface area contributed by atoms with Crippen molar-refractivity contribution in [2.24, 2.45) is 0 Å². The average molecular weight is 154 g/mol. The van der Waals surface area contributed by atoms with Crippen LogP contribution in [0.2, 0.25) is 0 Å². The first-order valence-corrected chi connectivity index (χ1v) is 4.49. The van der Waals surface area contributed by atoms with Crippen molar-refractivity contribution in [3.8, 4) is 6.19 Å². The molecule has 0 amide bonds. The third-order valence-electron chi connectivity index (χ3n) is 1.80. The van der Waals surface area contributed by atoms with Gasteiger partial charge in [-0.25, -0.2) is 0 Å². The average Bonchev–Trinajstić information content (AvgIpc) is 2.05. The molecule has 0 rings (SSSR count). The minimum absolute atomic E-state index is 0.850. The molecule has 0 unspecified atom stereocenters. The highest BCUT2D eigenvalue weighted by atomic mass is 15.1. The zero-order valence-electron chi connectivity index (χ0n) is 7.64. The molecule has 0 aliphatic carbocycles. The van der Waals surface area contributed by atoms with Crippen molar-refractivity contribution < 1.29 is 0 Å². The largest absolute Gasteiger partial charge is 0.311 e. The molecule has 0 fully saturated rings. The van der Waals surface area contributed by atoms with E-state index in [2.05, 4.69) is 13.1 Å². The Morgan fingerprint density at radius 3 is 2.36 bits per heavy atom. The summed E-state index contributed by atoms with van der Waals surface area (Å²) < 4.78 is 0. The van der Waals surface area contributed by atoms with Crippen LogP contribution in [0.4, 0.5) is 0 Å². The molecular formula is C9H18N2. The molecule has 0 radical (unpaired) electrons. The molecule has 0 aromatic rings. The van der Waals surface area contributed by atoms with Gasteiger partial charge in [-0.3, -0.25) is 0 Å². The van der Waals surface area contributed by atoms with E-state index >= 15 is 0 Å². The standard InChI is InChI=1S/C9H18N2/c1-3-5-6-7-8-11(4-2)9-10/h3-8H2,1-2H3. The smallest absolute Gasteiger partial charge is 0.179 e. The molecule has 0 aromatic heterocycles. The van der Waals surface area contributed by atoms with Gasteiger partial charge in [0.1, 0.15) is 0 Å². The van der Waals surface area contributed by atoms with Crippen molar-refractivity contribution in [2.75, 3.05) is 13.1 Å². The van der Waals surface area contributed by atoms with Gasteiger partial charge in [-0.05, 0) is 13.3 Å². The van der Waals surface area contributed by atoms with Crippen LogP contribution in [0.3, 0.4) is 0 Å².